The second kappa shape index (κ2) is 6.32. The summed E-state index contributed by atoms with van der Waals surface area (Å²) in [5.74, 6) is 0. The Bertz CT molecular complexity index is 380. The van der Waals surface area contributed by atoms with Gasteiger partial charge < -0.3 is 11.1 Å². The molecule has 17 heavy (non-hydrogen) atoms. The van der Waals surface area contributed by atoms with Gasteiger partial charge in [-0.15, -0.1) is 0 Å². The third-order valence-corrected chi connectivity index (χ3v) is 2.50. The maximum Gasteiger partial charge on any atom is 0.272 e. The molecule has 5 heteroatoms. The SMILES string of the molecule is CC(N)CNC(C)Cc1ccccc1[N+](=O)[O-]. The lowest BCUT2D eigenvalue weighted by atomic mass is 10.1. The molecule has 5 nitrogen and oxygen atoms in total. The molecule has 0 amide bonds. The summed E-state index contributed by atoms with van der Waals surface area (Å²) in [4.78, 5) is 10.5. The molecule has 0 heterocycles. The first-order valence-corrected chi connectivity index (χ1v) is 5.72. The van der Waals surface area contributed by atoms with Gasteiger partial charge in [0.25, 0.3) is 5.69 Å². The highest BCUT2D eigenvalue weighted by Crippen LogP contribution is 2.18. The third kappa shape index (κ3) is 4.50. The number of nitrogens with zero attached hydrogens (tertiary/aromatic N) is 1. The van der Waals surface area contributed by atoms with E-state index in [0.717, 1.165) is 5.56 Å². The molecule has 3 N–H and O–H groups in total. The zero-order valence-electron chi connectivity index (χ0n) is 10.2. The van der Waals surface area contributed by atoms with Crippen LogP contribution < -0.4 is 11.1 Å². The average molecular weight is 237 g/mol. The first kappa shape index (κ1) is 13.6. The monoisotopic (exact) mass is 237 g/mol. The second-order valence-electron chi connectivity index (χ2n) is 4.38. The van der Waals surface area contributed by atoms with Crippen LogP contribution in [0.4, 0.5) is 5.69 Å². The maximum absolute atomic E-state index is 10.8. The van der Waals surface area contributed by atoms with Crippen molar-refractivity contribution >= 4 is 5.69 Å². The molecule has 1 aromatic rings. The van der Waals surface area contributed by atoms with E-state index in [-0.39, 0.29) is 22.7 Å². The van der Waals surface area contributed by atoms with Crippen molar-refractivity contribution in [2.24, 2.45) is 5.73 Å². The number of nitro benzene ring substituents is 1. The van der Waals surface area contributed by atoms with E-state index in [0.29, 0.717) is 13.0 Å². The van der Waals surface area contributed by atoms with Gasteiger partial charge in [0, 0.05) is 30.3 Å². The van der Waals surface area contributed by atoms with E-state index in [4.69, 9.17) is 5.73 Å². The smallest absolute Gasteiger partial charge is 0.272 e. The number of benzene rings is 1. The molecule has 0 aromatic heterocycles. The Morgan fingerprint density at radius 2 is 2.06 bits per heavy atom. The number of para-hydroxylation sites is 1. The largest absolute Gasteiger partial charge is 0.327 e. The molecule has 0 aliphatic carbocycles. The van der Waals surface area contributed by atoms with Crippen LogP contribution in [0.25, 0.3) is 0 Å². The van der Waals surface area contributed by atoms with Crippen LogP contribution in [0.2, 0.25) is 0 Å². The molecule has 0 fully saturated rings. The normalized spacial score (nSPS) is 14.3. The zero-order valence-corrected chi connectivity index (χ0v) is 10.2. The molecular formula is C12H19N3O2. The minimum absolute atomic E-state index is 0.0863. The number of hydrogen-bond donors (Lipinski definition) is 2. The molecule has 1 aromatic carbocycles. The van der Waals surface area contributed by atoms with E-state index in [1.165, 1.54) is 6.07 Å². The number of rotatable bonds is 6. The standard InChI is InChI=1S/C12H19N3O2/c1-9(13)8-14-10(2)7-11-5-3-4-6-12(11)15(16)17/h3-6,9-10,14H,7-8,13H2,1-2H3. The van der Waals surface area contributed by atoms with Gasteiger partial charge in [0.2, 0.25) is 0 Å². The van der Waals surface area contributed by atoms with E-state index in [2.05, 4.69) is 5.32 Å². The highest BCUT2D eigenvalue weighted by molar-refractivity contribution is 5.40. The fourth-order valence-electron chi connectivity index (χ4n) is 1.65. The van der Waals surface area contributed by atoms with Crippen LogP contribution in [0.15, 0.2) is 24.3 Å². The lowest BCUT2D eigenvalue weighted by molar-refractivity contribution is -0.385. The van der Waals surface area contributed by atoms with Gasteiger partial charge in [-0.25, -0.2) is 0 Å². The summed E-state index contributed by atoms with van der Waals surface area (Å²) in [6, 6.07) is 7.09. The van der Waals surface area contributed by atoms with Crippen molar-refractivity contribution in [1.82, 2.24) is 5.32 Å². The van der Waals surface area contributed by atoms with Gasteiger partial charge in [-0.1, -0.05) is 18.2 Å². The molecular weight excluding hydrogens is 218 g/mol. The maximum atomic E-state index is 10.8. The molecule has 2 atom stereocenters. The van der Waals surface area contributed by atoms with Crippen molar-refractivity contribution in [3.05, 3.63) is 39.9 Å². The first-order valence-electron chi connectivity index (χ1n) is 5.72. The molecule has 1 rings (SSSR count). The van der Waals surface area contributed by atoms with Crippen molar-refractivity contribution in [3.63, 3.8) is 0 Å². The van der Waals surface area contributed by atoms with Gasteiger partial charge in [0.1, 0.15) is 0 Å². The van der Waals surface area contributed by atoms with Gasteiger partial charge in [-0.2, -0.15) is 0 Å². The Morgan fingerprint density at radius 1 is 1.41 bits per heavy atom. The zero-order chi connectivity index (χ0) is 12.8. The van der Waals surface area contributed by atoms with E-state index in [1.807, 2.05) is 19.9 Å². The van der Waals surface area contributed by atoms with Gasteiger partial charge in [0.05, 0.1) is 4.92 Å². The van der Waals surface area contributed by atoms with Crippen molar-refractivity contribution in [2.75, 3.05) is 6.54 Å². The van der Waals surface area contributed by atoms with Crippen LogP contribution in [0.1, 0.15) is 19.4 Å². The van der Waals surface area contributed by atoms with Crippen molar-refractivity contribution in [3.8, 4) is 0 Å². The highest BCUT2D eigenvalue weighted by atomic mass is 16.6. The number of hydrogen-bond acceptors (Lipinski definition) is 4. The van der Waals surface area contributed by atoms with Crippen LogP contribution in [0.3, 0.4) is 0 Å². The molecule has 0 aliphatic heterocycles. The predicted molar refractivity (Wildman–Crippen MR) is 67.9 cm³/mol. The summed E-state index contributed by atoms with van der Waals surface area (Å²) < 4.78 is 0. The Kier molecular flexibility index (Phi) is 5.06. The van der Waals surface area contributed by atoms with E-state index < -0.39 is 0 Å². The summed E-state index contributed by atoms with van der Waals surface area (Å²) in [7, 11) is 0. The minimum Gasteiger partial charge on any atom is -0.327 e. The average Bonchev–Trinajstić information content (AvgIpc) is 2.27. The molecule has 0 aliphatic rings. The summed E-state index contributed by atoms with van der Waals surface area (Å²) in [5.41, 5.74) is 6.58. The van der Waals surface area contributed by atoms with E-state index in [9.17, 15) is 10.1 Å². The third-order valence-electron chi connectivity index (χ3n) is 2.50. The molecule has 0 saturated carbocycles. The first-order chi connectivity index (χ1) is 8.00. The summed E-state index contributed by atoms with van der Waals surface area (Å²) in [6.45, 7) is 4.63. The summed E-state index contributed by atoms with van der Waals surface area (Å²) in [5, 5.41) is 14.1. The molecule has 0 radical (unpaired) electrons. The van der Waals surface area contributed by atoms with Crippen molar-refractivity contribution < 1.29 is 4.92 Å². The molecule has 0 spiro atoms. The Hall–Kier alpha value is -1.46. The number of nitro groups is 1. The van der Waals surface area contributed by atoms with Gasteiger partial charge in [-0.3, -0.25) is 10.1 Å². The van der Waals surface area contributed by atoms with Gasteiger partial charge in [0.15, 0.2) is 0 Å². The lowest BCUT2D eigenvalue weighted by Crippen LogP contribution is -2.37. The van der Waals surface area contributed by atoms with Crippen LogP contribution >= 0.6 is 0 Å². The minimum atomic E-state index is -0.340. The molecule has 2 unspecified atom stereocenters. The number of nitrogens with one attached hydrogen (secondary N) is 1. The molecule has 0 bridgehead atoms. The van der Waals surface area contributed by atoms with Crippen LogP contribution in [0.5, 0.6) is 0 Å². The fraction of sp³-hybridized carbons (Fsp3) is 0.500. The van der Waals surface area contributed by atoms with Gasteiger partial charge >= 0.3 is 0 Å². The quantitative estimate of drug-likeness (QED) is 0.579. The van der Waals surface area contributed by atoms with Crippen molar-refractivity contribution in [1.29, 1.82) is 0 Å². The topological polar surface area (TPSA) is 81.2 Å². The number of nitrogens with two attached hydrogens (primary N) is 1. The molecule has 94 valence electrons. The summed E-state index contributed by atoms with van der Waals surface area (Å²) >= 11 is 0. The lowest BCUT2D eigenvalue weighted by Gasteiger charge is -2.15. The Labute approximate surface area is 101 Å². The predicted octanol–water partition coefficient (Wildman–Crippen LogP) is 1.46. The van der Waals surface area contributed by atoms with Crippen LogP contribution in [0, 0.1) is 10.1 Å². The van der Waals surface area contributed by atoms with Gasteiger partial charge in [-0.05, 0) is 20.3 Å². The van der Waals surface area contributed by atoms with E-state index in [1.54, 1.807) is 12.1 Å². The summed E-state index contributed by atoms with van der Waals surface area (Å²) in [6.07, 6.45) is 0.629. The highest BCUT2D eigenvalue weighted by Gasteiger charge is 2.14. The molecule has 0 saturated heterocycles. The van der Waals surface area contributed by atoms with Crippen molar-refractivity contribution in [2.45, 2.75) is 32.4 Å². The Morgan fingerprint density at radius 3 is 2.65 bits per heavy atom. The van der Waals surface area contributed by atoms with Crippen LogP contribution in [-0.2, 0) is 6.42 Å². The van der Waals surface area contributed by atoms with E-state index >= 15 is 0 Å². The second-order valence-corrected chi connectivity index (χ2v) is 4.38. The fourth-order valence-corrected chi connectivity index (χ4v) is 1.65. The van der Waals surface area contributed by atoms with Crippen LogP contribution in [-0.4, -0.2) is 23.6 Å². The Balaban J connectivity index is 2.64.